The average molecular weight is 392 g/mol. The van der Waals surface area contributed by atoms with Gasteiger partial charge >= 0.3 is 0 Å². The number of halogens is 3. The van der Waals surface area contributed by atoms with Crippen molar-refractivity contribution in [3.63, 3.8) is 0 Å². The van der Waals surface area contributed by atoms with Crippen molar-refractivity contribution in [1.82, 2.24) is 9.55 Å². The molecule has 0 spiro atoms. The Morgan fingerprint density at radius 1 is 1.15 bits per heavy atom. The van der Waals surface area contributed by atoms with Crippen molar-refractivity contribution in [3.05, 3.63) is 81.1 Å². The quantitative estimate of drug-likeness (QED) is 0.730. The first-order valence-electron chi connectivity index (χ1n) is 7.50. The van der Waals surface area contributed by atoms with Crippen LogP contribution >= 0.6 is 23.2 Å². The SMILES string of the molecule is O=C(Cn1cnc(-c2ccccc2F)cc1=O)Nc1cc(Cl)ccc1Cl. The predicted molar refractivity (Wildman–Crippen MR) is 99.0 cm³/mol. The molecule has 0 aliphatic carbocycles. The Morgan fingerprint density at radius 3 is 2.65 bits per heavy atom. The van der Waals surface area contributed by atoms with E-state index in [1.165, 1.54) is 30.6 Å². The minimum Gasteiger partial charge on any atom is -0.323 e. The summed E-state index contributed by atoms with van der Waals surface area (Å²) >= 11 is 11.9. The predicted octanol–water partition coefficient (Wildman–Crippen LogP) is 3.99. The van der Waals surface area contributed by atoms with Gasteiger partial charge in [-0.1, -0.05) is 35.3 Å². The fraction of sp³-hybridized carbons (Fsp3) is 0.0556. The highest BCUT2D eigenvalue weighted by molar-refractivity contribution is 6.35. The van der Waals surface area contributed by atoms with E-state index in [0.29, 0.717) is 15.7 Å². The monoisotopic (exact) mass is 391 g/mol. The van der Waals surface area contributed by atoms with Gasteiger partial charge in [0.05, 0.1) is 22.7 Å². The molecule has 0 fully saturated rings. The normalized spacial score (nSPS) is 10.6. The summed E-state index contributed by atoms with van der Waals surface area (Å²) in [5, 5.41) is 3.32. The van der Waals surface area contributed by atoms with Crippen LogP contribution in [-0.4, -0.2) is 15.5 Å². The van der Waals surface area contributed by atoms with Gasteiger partial charge in [-0.2, -0.15) is 0 Å². The first-order valence-corrected chi connectivity index (χ1v) is 8.26. The molecule has 0 aliphatic heterocycles. The van der Waals surface area contributed by atoms with Crippen molar-refractivity contribution in [3.8, 4) is 11.3 Å². The Bertz CT molecular complexity index is 1040. The molecule has 5 nitrogen and oxygen atoms in total. The molecule has 26 heavy (non-hydrogen) atoms. The summed E-state index contributed by atoms with van der Waals surface area (Å²) in [6.45, 7) is -0.272. The fourth-order valence-electron chi connectivity index (χ4n) is 2.30. The maximum Gasteiger partial charge on any atom is 0.254 e. The molecule has 0 bridgehead atoms. The number of amides is 1. The van der Waals surface area contributed by atoms with Crippen LogP contribution in [0, 0.1) is 5.82 Å². The minimum absolute atomic E-state index is 0.197. The minimum atomic E-state index is -0.481. The molecule has 2 aromatic carbocycles. The molecular formula is C18H12Cl2FN3O2. The van der Waals surface area contributed by atoms with Crippen LogP contribution < -0.4 is 10.9 Å². The molecular weight excluding hydrogens is 380 g/mol. The average Bonchev–Trinajstić information content (AvgIpc) is 2.60. The van der Waals surface area contributed by atoms with E-state index >= 15 is 0 Å². The van der Waals surface area contributed by atoms with Gasteiger partial charge in [-0.25, -0.2) is 9.37 Å². The van der Waals surface area contributed by atoms with E-state index in [2.05, 4.69) is 10.3 Å². The maximum absolute atomic E-state index is 13.8. The zero-order chi connectivity index (χ0) is 18.7. The Kier molecular flexibility index (Phi) is 5.35. The highest BCUT2D eigenvalue weighted by Gasteiger charge is 2.11. The summed E-state index contributed by atoms with van der Waals surface area (Å²) in [7, 11) is 0. The van der Waals surface area contributed by atoms with Crippen molar-refractivity contribution in [1.29, 1.82) is 0 Å². The van der Waals surface area contributed by atoms with Crippen LogP contribution in [0.15, 0.2) is 59.7 Å². The molecule has 8 heteroatoms. The van der Waals surface area contributed by atoms with E-state index in [1.54, 1.807) is 24.3 Å². The Labute approximate surface area is 158 Å². The Hall–Kier alpha value is -2.70. The molecule has 132 valence electrons. The smallest absolute Gasteiger partial charge is 0.254 e. The van der Waals surface area contributed by atoms with Crippen molar-refractivity contribution in [2.45, 2.75) is 6.54 Å². The second-order valence-corrected chi connectivity index (χ2v) is 6.24. The number of anilines is 1. The number of nitrogens with one attached hydrogen (secondary N) is 1. The third kappa shape index (κ3) is 4.09. The van der Waals surface area contributed by atoms with E-state index in [9.17, 15) is 14.0 Å². The van der Waals surface area contributed by atoms with Crippen molar-refractivity contribution >= 4 is 34.8 Å². The van der Waals surface area contributed by atoms with Gasteiger partial charge in [-0.15, -0.1) is 0 Å². The number of carbonyl (C=O) groups excluding carboxylic acids is 1. The van der Waals surface area contributed by atoms with Gasteiger partial charge in [0.15, 0.2) is 0 Å². The third-order valence-electron chi connectivity index (χ3n) is 3.55. The standard InChI is InChI=1S/C18H12Cl2FN3O2/c19-11-5-6-13(20)16(7-11)23-17(25)9-24-10-22-15(8-18(24)26)12-3-1-2-4-14(12)21/h1-8,10H,9H2,(H,23,25). The molecule has 0 saturated carbocycles. The van der Waals surface area contributed by atoms with Crippen LogP contribution in [0.25, 0.3) is 11.3 Å². The van der Waals surface area contributed by atoms with Crippen LogP contribution in [0.4, 0.5) is 10.1 Å². The molecule has 1 amide bonds. The summed E-state index contributed by atoms with van der Waals surface area (Å²) in [5.74, 6) is -0.956. The van der Waals surface area contributed by atoms with Crippen molar-refractivity contribution in [2.75, 3.05) is 5.32 Å². The summed E-state index contributed by atoms with van der Waals surface area (Å²) in [6, 6.07) is 11.8. The largest absolute Gasteiger partial charge is 0.323 e. The second kappa shape index (κ2) is 7.68. The Morgan fingerprint density at radius 2 is 1.92 bits per heavy atom. The first kappa shape index (κ1) is 18.1. The molecule has 0 radical (unpaired) electrons. The molecule has 3 rings (SSSR count). The third-order valence-corrected chi connectivity index (χ3v) is 4.11. The van der Waals surface area contributed by atoms with Gasteiger partial charge < -0.3 is 5.32 Å². The van der Waals surface area contributed by atoms with E-state index < -0.39 is 17.3 Å². The number of hydrogen-bond acceptors (Lipinski definition) is 3. The number of hydrogen-bond donors (Lipinski definition) is 1. The number of carbonyl (C=O) groups is 1. The van der Waals surface area contributed by atoms with Crippen molar-refractivity contribution < 1.29 is 9.18 Å². The molecule has 1 N–H and O–H groups in total. The zero-order valence-corrected chi connectivity index (χ0v) is 14.8. The van der Waals surface area contributed by atoms with Crippen LogP contribution in [0.3, 0.4) is 0 Å². The lowest BCUT2D eigenvalue weighted by molar-refractivity contribution is -0.116. The van der Waals surface area contributed by atoms with Gasteiger partial charge in [-0.05, 0) is 30.3 Å². The van der Waals surface area contributed by atoms with E-state index in [4.69, 9.17) is 23.2 Å². The lowest BCUT2D eigenvalue weighted by atomic mass is 10.1. The molecule has 0 saturated heterocycles. The number of rotatable bonds is 4. The van der Waals surface area contributed by atoms with Crippen LogP contribution in [0.2, 0.25) is 10.0 Å². The van der Waals surface area contributed by atoms with Gasteiger partial charge in [0, 0.05) is 16.7 Å². The highest BCUT2D eigenvalue weighted by atomic mass is 35.5. The topological polar surface area (TPSA) is 64.0 Å². The number of aromatic nitrogens is 2. The molecule has 0 atom stereocenters. The highest BCUT2D eigenvalue weighted by Crippen LogP contribution is 2.25. The molecule has 0 unspecified atom stereocenters. The number of nitrogens with zero attached hydrogens (tertiary/aromatic N) is 2. The lowest BCUT2D eigenvalue weighted by Gasteiger charge is -2.09. The van der Waals surface area contributed by atoms with Gasteiger partial charge in [0.25, 0.3) is 5.56 Å². The van der Waals surface area contributed by atoms with Crippen LogP contribution in [0.5, 0.6) is 0 Å². The maximum atomic E-state index is 13.8. The second-order valence-electron chi connectivity index (χ2n) is 5.39. The van der Waals surface area contributed by atoms with Gasteiger partial charge in [-0.3, -0.25) is 14.2 Å². The molecule has 1 aromatic heterocycles. The summed E-state index contributed by atoms with van der Waals surface area (Å²) in [5.41, 5.74) is 0.272. The van der Waals surface area contributed by atoms with Gasteiger partial charge in [0.1, 0.15) is 12.4 Å². The van der Waals surface area contributed by atoms with Gasteiger partial charge in [0.2, 0.25) is 5.91 Å². The zero-order valence-electron chi connectivity index (χ0n) is 13.2. The summed E-state index contributed by atoms with van der Waals surface area (Å²) < 4.78 is 14.9. The number of benzene rings is 2. The van der Waals surface area contributed by atoms with E-state index in [1.807, 2.05) is 0 Å². The first-order chi connectivity index (χ1) is 12.4. The fourth-order valence-corrected chi connectivity index (χ4v) is 2.64. The van der Waals surface area contributed by atoms with Crippen LogP contribution in [-0.2, 0) is 11.3 Å². The lowest BCUT2D eigenvalue weighted by Crippen LogP contribution is -2.27. The summed E-state index contributed by atoms with van der Waals surface area (Å²) in [6.07, 6.45) is 1.20. The Balaban J connectivity index is 1.78. The van der Waals surface area contributed by atoms with Crippen LogP contribution in [0.1, 0.15) is 0 Å². The molecule has 1 heterocycles. The molecule has 3 aromatic rings. The molecule has 0 aliphatic rings. The van der Waals surface area contributed by atoms with E-state index in [0.717, 1.165) is 4.57 Å². The van der Waals surface area contributed by atoms with Crippen molar-refractivity contribution in [2.24, 2.45) is 0 Å². The summed E-state index contributed by atoms with van der Waals surface area (Å²) in [4.78, 5) is 28.4. The van der Waals surface area contributed by atoms with E-state index in [-0.39, 0.29) is 17.8 Å².